The van der Waals surface area contributed by atoms with Gasteiger partial charge in [-0.15, -0.1) is 0 Å². The van der Waals surface area contributed by atoms with Crippen molar-refractivity contribution in [2.24, 2.45) is 0 Å². The van der Waals surface area contributed by atoms with Gasteiger partial charge in [0.2, 0.25) is 0 Å². The van der Waals surface area contributed by atoms with Crippen LogP contribution in [0, 0.1) is 0 Å². The molecule has 0 aliphatic carbocycles. The molecule has 0 N–H and O–H groups in total. The maximum atomic E-state index is 12.8. The Bertz CT molecular complexity index is 709. The van der Waals surface area contributed by atoms with E-state index in [1.807, 2.05) is 0 Å². The maximum absolute atomic E-state index is 12.8. The van der Waals surface area contributed by atoms with Crippen molar-refractivity contribution in [2.75, 3.05) is 0 Å². The second-order valence-electron chi connectivity index (χ2n) is 6.21. The van der Waals surface area contributed by atoms with Crippen molar-refractivity contribution in [2.45, 2.75) is 39.5 Å². The van der Waals surface area contributed by atoms with Crippen molar-refractivity contribution in [1.29, 1.82) is 0 Å². The van der Waals surface area contributed by atoms with Crippen LogP contribution in [0.5, 0.6) is 0 Å². The minimum absolute atomic E-state index is 0. The van der Waals surface area contributed by atoms with E-state index in [0.29, 0.717) is 27.4 Å². The van der Waals surface area contributed by atoms with Crippen molar-refractivity contribution >= 4 is 42.6 Å². The molecule has 0 fully saturated rings. The molecule has 1 nitrogen and oxygen atoms in total. The van der Waals surface area contributed by atoms with Gasteiger partial charge in [-0.2, -0.15) is 0 Å². The average Bonchev–Trinajstić information content (AvgIpc) is 2.46. The molecule has 0 saturated carbocycles. The molecule has 0 radical (unpaired) electrons. The summed E-state index contributed by atoms with van der Waals surface area (Å²) in [6.45, 7) is 8.60. The summed E-state index contributed by atoms with van der Waals surface area (Å²) in [4.78, 5) is 12.8. The normalized spacial score (nSPS) is 11.3. The van der Waals surface area contributed by atoms with E-state index in [1.165, 1.54) is 11.1 Å². The first-order valence-corrected chi connectivity index (χ1v) is 9.46. The summed E-state index contributed by atoms with van der Waals surface area (Å²) in [5, 5.41) is 1.93. The van der Waals surface area contributed by atoms with Gasteiger partial charge in [-0.25, -0.2) is 0 Å². The van der Waals surface area contributed by atoms with Crippen molar-refractivity contribution in [3.8, 4) is 0 Å². The van der Waals surface area contributed by atoms with Crippen LogP contribution in [0.3, 0.4) is 0 Å². The number of hydrogen-bond donors (Lipinski definition) is 0. The predicted octanol–water partition coefficient (Wildman–Crippen LogP) is 3.39. The molecule has 0 bridgehead atoms. The Morgan fingerprint density at radius 2 is 1.54 bits per heavy atom. The molecule has 2 rings (SSSR count). The number of carbonyl (C=O) groups excluding carboxylic acids is 1. The van der Waals surface area contributed by atoms with Crippen LogP contribution in [0.1, 0.15) is 61.0 Å². The van der Waals surface area contributed by atoms with E-state index in [4.69, 9.17) is 23.2 Å². The molecule has 0 aliphatic rings. The molecule has 24 heavy (non-hydrogen) atoms. The molecule has 1 atom stereocenters. The van der Waals surface area contributed by atoms with E-state index >= 15 is 0 Å². The SMILES string of the molecule is CC(C)c1ccc(C(C)C)c(PC(=O)c2c(Cl)cccc2Cl)c1.[Li+]. The van der Waals surface area contributed by atoms with E-state index < -0.39 is 0 Å². The minimum Gasteiger partial charge on any atom is -0.289 e. The Morgan fingerprint density at radius 3 is 2.04 bits per heavy atom. The second-order valence-corrected chi connectivity index (χ2v) is 8.26. The molecule has 0 saturated heterocycles. The fraction of sp³-hybridized carbons (Fsp3) is 0.316. The van der Waals surface area contributed by atoms with Crippen LogP contribution in [-0.2, 0) is 0 Å². The molecule has 0 spiro atoms. The molecular weight excluding hydrogens is 353 g/mol. The van der Waals surface area contributed by atoms with Gasteiger partial charge in [0.25, 0.3) is 0 Å². The van der Waals surface area contributed by atoms with Crippen molar-refractivity contribution in [3.63, 3.8) is 0 Å². The molecule has 122 valence electrons. The fourth-order valence-electron chi connectivity index (χ4n) is 2.44. The molecule has 0 amide bonds. The van der Waals surface area contributed by atoms with Crippen LogP contribution >= 0.6 is 31.8 Å². The molecule has 2 aromatic carbocycles. The van der Waals surface area contributed by atoms with Crippen LogP contribution in [0.4, 0.5) is 0 Å². The molecule has 2 aromatic rings. The Hall–Kier alpha value is -0.283. The zero-order valence-electron chi connectivity index (χ0n) is 14.8. The first-order chi connectivity index (χ1) is 10.8. The third-order valence-electron chi connectivity index (χ3n) is 3.80. The van der Waals surface area contributed by atoms with Crippen LogP contribution < -0.4 is 24.2 Å². The molecule has 0 aromatic heterocycles. The summed E-state index contributed by atoms with van der Waals surface area (Å²) in [5.41, 5.74) is 2.88. The van der Waals surface area contributed by atoms with Crippen molar-refractivity contribution in [1.82, 2.24) is 0 Å². The predicted molar refractivity (Wildman–Crippen MR) is 103 cm³/mol. The average molecular weight is 374 g/mol. The third-order valence-corrected chi connectivity index (χ3v) is 5.61. The Labute approximate surface area is 168 Å². The Morgan fingerprint density at radius 1 is 0.958 bits per heavy atom. The van der Waals surface area contributed by atoms with E-state index in [2.05, 4.69) is 45.9 Å². The summed E-state index contributed by atoms with van der Waals surface area (Å²) < 4.78 is 0. The van der Waals surface area contributed by atoms with Crippen LogP contribution in [-0.4, -0.2) is 5.52 Å². The standard InChI is InChI=1S/C19H21Cl2OP.Li/c1-11(2)13-8-9-14(12(3)4)17(10-13)23-19(22)18-15(20)6-5-7-16(18)21;/h5-12,23H,1-4H3;/q;+1. The van der Waals surface area contributed by atoms with Gasteiger partial charge < -0.3 is 0 Å². The number of hydrogen-bond acceptors (Lipinski definition) is 1. The van der Waals surface area contributed by atoms with Crippen molar-refractivity contribution < 1.29 is 23.7 Å². The van der Waals surface area contributed by atoms with Gasteiger partial charge in [-0.1, -0.05) is 75.2 Å². The van der Waals surface area contributed by atoms with Gasteiger partial charge in [0.05, 0.1) is 15.6 Å². The summed E-state index contributed by atoms with van der Waals surface area (Å²) >= 11 is 12.3. The molecule has 1 unspecified atom stereocenters. The quantitative estimate of drug-likeness (QED) is 0.579. The third kappa shape index (κ3) is 5.11. The van der Waals surface area contributed by atoms with E-state index in [0.717, 1.165) is 5.30 Å². The van der Waals surface area contributed by atoms with Crippen molar-refractivity contribution in [3.05, 3.63) is 63.1 Å². The van der Waals surface area contributed by atoms with Crippen LogP contribution in [0.15, 0.2) is 36.4 Å². The van der Waals surface area contributed by atoms with Gasteiger partial charge >= 0.3 is 18.9 Å². The zero-order chi connectivity index (χ0) is 17.1. The molecule has 0 heterocycles. The zero-order valence-corrected chi connectivity index (χ0v) is 17.3. The summed E-state index contributed by atoms with van der Waals surface area (Å²) in [7, 11) is 0.0214. The number of halogens is 2. The van der Waals surface area contributed by atoms with Crippen LogP contribution in [0.25, 0.3) is 0 Å². The van der Waals surface area contributed by atoms with Crippen LogP contribution in [0.2, 0.25) is 10.0 Å². The van der Waals surface area contributed by atoms with E-state index in [-0.39, 0.29) is 33.0 Å². The Balaban J connectivity index is 0.00000288. The fourth-order valence-corrected chi connectivity index (χ4v) is 4.57. The second kappa shape index (κ2) is 9.42. The number of benzene rings is 2. The van der Waals surface area contributed by atoms with Gasteiger partial charge in [0.1, 0.15) is 0 Å². The van der Waals surface area contributed by atoms with Gasteiger partial charge in [-0.3, -0.25) is 4.79 Å². The minimum atomic E-state index is -0.0107. The molecular formula is C19H21Cl2LiOP+. The van der Waals surface area contributed by atoms with Gasteiger partial charge in [0.15, 0.2) is 5.52 Å². The monoisotopic (exact) mass is 373 g/mol. The largest absolute Gasteiger partial charge is 1.00 e. The topological polar surface area (TPSA) is 17.1 Å². The number of carbonyl (C=O) groups is 1. The van der Waals surface area contributed by atoms with Gasteiger partial charge in [0, 0.05) is 0 Å². The molecule has 5 heteroatoms. The first kappa shape index (κ1) is 21.8. The van der Waals surface area contributed by atoms with Gasteiger partial charge in [-0.05, 0) is 49.0 Å². The molecule has 0 aliphatic heterocycles. The van der Waals surface area contributed by atoms with E-state index in [1.54, 1.807) is 18.2 Å². The summed E-state index contributed by atoms with van der Waals surface area (Å²) in [5.74, 6) is 0.798. The summed E-state index contributed by atoms with van der Waals surface area (Å²) in [6, 6.07) is 11.6. The van der Waals surface area contributed by atoms with E-state index in [9.17, 15) is 4.79 Å². The smallest absolute Gasteiger partial charge is 0.289 e. The summed E-state index contributed by atoms with van der Waals surface area (Å²) in [6.07, 6.45) is 0. The Kier molecular flexibility index (Phi) is 8.54. The maximum Gasteiger partial charge on any atom is 1.00 e. The number of rotatable bonds is 5. The first-order valence-electron chi connectivity index (χ1n) is 7.70.